The second kappa shape index (κ2) is 9.22. The molecular formula is C26H22N2O4. The molecule has 6 heteroatoms. The number of ether oxygens (including phenoxy) is 1. The monoisotopic (exact) mass is 426 g/mol. The third-order valence-electron chi connectivity index (χ3n) is 5.08. The van der Waals surface area contributed by atoms with E-state index in [1.807, 2.05) is 54.6 Å². The number of carbonyl (C=O) groups is 2. The Hall–Kier alpha value is -4.32. The van der Waals surface area contributed by atoms with E-state index >= 15 is 0 Å². The zero-order chi connectivity index (χ0) is 22.5. The van der Waals surface area contributed by atoms with E-state index in [9.17, 15) is 9.59 Å². The number of aromatic amines is 1. The molecule has 0 aliphatic heterocycles. The molecule has 4 aromatic rings. The van der Waals surface area contributed by atoms with Gasteiger partial charge < -0.3 is 14.6 Å². The van der Waals surface area contributed by atoms with E-state index in [4.69, 9.17) is 9.57 Å². The molecule has 0 spiro atoms. The average Bonchev–Trinajstić information content (AvgIpc) is 3.20. The summed E-state index contributed by atoms with van der Waals surface area (Å²) in [6, 6.07) is 25.7. The highest BCUT2D eigenvalue weighted by molar-refractivity contribution is 6.04. The predicted molar refractivity (Wildman–Crippen MR) is 122 cm³/mol. The van der Waals surface area contributed by atoms with Gasteiger partial charge in [0, 0.05) is 16.8 Å². The molecule has 160 valence electrons. The lowest BCUT2D eigenvalue weighted by molar-refractivity contribution is 0.0230. The molecule has 32 heavy (non-hydrogen) atoms. The maximum atomic E-state index is 13.1. The molecule has 3 aromatic carbocycles. The molecule has 0 bridgehead atoms. The van der Waals surface area contributed by atoms with Crippen molar-refractivity contribution >= 4 is 11.9 Å². The largest absolute Gasteiger partial charge is 0.497 e. The van der Waals surface area contributed by atoms with Crippen molar-refractivity contribution in [1.82, 2.24) is 10.5 Å². The number of carbonyl (C=O) groups excluding carboxylic acids is 2. The molecule has 0 atom stereocenters. The maximum Gasteiger partial charge on any atom is 0.365 e. The molecule has 0 aliphatic carbocycles. The Morgan fingerprint density at radius 1 is 0.844 bits per heavy atom. The minimum absolute atomic E-state index is 0.338. The van der Waals surface area contributed by atoms with Crippen LogP contribution in [0.2, 0.25) is 0 Å². The zero-order valence-corrected chi connectivity index (χ0v) is 17.7. The Morgan fingerprint density at radius 3 is 2.19 bits per heavy atom. The van der Waals surface area contributed by atoms with Gasteiger partial charge in [-0.1, -0.05) is 60.7 Å². The highest BCUT2D eigenvalue weighted by Gasteiger charge is 2.25. The summed E-state index contributed by atoms with van der Waals surface area (Å²) >= 11 is 0. The van der Waals surface area contributed by atoms with E-state index in [0.717, 1.165) is 16.8 Å². The average molecular weight is 426 g/mol. The van der Waals surface area contributed by atoms with Crippen LogP contribution >= 0.6 is 0 Å². The first kappa shape index (κ1) is 20.9. The van der Waals surface area contributed by atoms with Gasteiger partial charge in [0.15, 0.2) is 0 Å². The molecule has 0 aliphatic rings. The van der Waals surface area contributed by atoms with E-state index in [0.29, 0.717) is 28.1 Å². The molecule has 6 nitrogen and oxygen atoms in total. The van der Waals surface area contributed by atoms with Gasteiger partial charge >= 0.3 is 5.97 Å². The van der Waals surface area contributed by atoms with Crippen LogP contribution in [0.25, 0.3) is 22.4 Å². The van der Waals surface area contributed by atoms with Gasteiger partial charge in [0.2, 0.25) is 0 Å². The van der Waals surface area contributed by atoms with Crippen LogP contribution in [0.3, 0.4) is 0 Å². The number of benzene rings is 3. The molecule has 1 heterocycles. The molecular weight excluding hydrogens is 404 g/mol. The van der Waals surface area contributed by atoms with Gasteiger partial charge in [-0.3, -0.25) is 4.79 Å². The van der Waals surface area contributed by atoms with Gasteiger partial charge in [-0.05, 0) is 42.3 Å². The van der Waals surface area contributed by atoms with Crippen LogP contribution in [0.4, 0.5) is 0 Å². The van der Waals surface area contributed by atoms with Crippen LogP contribution in [-0.4, -0.2) is 24.0 Å². The summed E-state index contributed by atoms with van der Waals surface area (Å²) in [5.41, 5.74) is 6.76. The number of nitrogens with one attached hydrogen (secondary N) is 2. The molecule has 2 N–H and O–H groups in total. The van der Waals surface area contributed by atoms with E-state index in [1.54, 1.807) is 44.4 Å². The molecule has 0 saturated carbocycles. The minimum Gasteiger partial charge on any atom is -0.497 e. The summed E-state index contributed by atoms with van der Waals surface area (Å²) in [5.74, 6) is -0.501. The van der Waals surface area contributed by atoms with Crippen molar-refractivity contribution in [3.8, 4) is 28.1 Å². The fraction of sp³-hybridized carbons (Fsp3) is 0.0769. The second-order valence-electron chi connectivity index (χ2n) is 7.16. The third kappa shape index (κ3) is 4.25. The second-order valence-corrected chi connectivity index (χ2v) is 7.16. The van der Waals surface area contributed by atoms with Crippen LogP contribution in [0.5, 0.6) is 5.75 Å². The number of methoxy groups -OCH3 is 1. The van der Waals surface area contributed by atoms with Crippen LogP contribution in [0.15, 0.2) is 84.9 Å². The first-order valence-corrected chi connectivity index (χ1v) is 10.1. The number of aromatic nitrogens is 1. The van der Waals surface area contributed by atoms with E-state index in [2.05, 4.69) is 10.5 Å². The van der Waals surface area contributed by atoms with Crippen molar-refractivity contribution < 1.29 is 19.2 Å². The Balaban J connectivity index is 1.73. The topological polar surface area (TPSA) is 80.4 Å². The smallest absolute Gasteiger partial charge is 0.365 e. The molecule has 1 aromatic heterocycles. The number of hydroxylamine groups is 1. The van der Waals surface area contributed by atoms with E-state index in [1.165, 1.54) is 0 Å². The Morgan fingerprint density at radius 2 is 1.50 bits per heavy atom. The quantitative estimate of drug-likeness (QED) is 0.432. The first-order chi connectivity index (χ1) is 15.6. The van der Waals surface area contributed by atoms with Crippen LogP contribution < -0.4 is 10.2 Å². The van der Waals surface area contributed by atoms with Crippen LogP contribution in [0.1, 0.15) is 26.4 Å². The fourth-order valence-electron chi connectivity index (χ4n) is 3.56. The SMILES string of the molecule is COc1cccc(-c2c(-c3ccccc3)[nH]c(C)c2C(=O)ONC(=O)c2ccccc2)c1. The van der Waals surface area contributed by atoms with Gasteiger partial charge in [-0.25, -0.2) is 4.79 Å². The zero-order valence-electron chi connectivity index (χ0n) is 17.7. The van der Waals surface area contributed by atoms with E-state index < -0.39 is 11.9 Å². The summed E-state index contributed by atoms with van der Waals surface area (Å²) in [6.07, 6.45) is 0. The van der Waals surface area contributed by atoms with Gasteiger partial charge in [0.25, 0.3) is 5.91 Å². The highest BCUT2D eigenvalue weighted by atomic mass is 16.7. The third-order valence-corrected chi connectivity index (χ3v) is 5.08. The fourth-order valence-corrected chi connectivity index (χ4v) is 3.56. The van der Waals surface area contributed by atoms with Crippen molar-refractivity contribution in [3.05, 3.63) is 102 Å². The summed E-state index contributed by atoms with van der Waals surface area (Å²) in [4.78, 5) is 33.9. The Labute approximate surface area is 185 Å². The van der Waals surface area contributed by atoms with Crippen LogP contribution in [-0.2, 0) is 4.84 Å². The van der Waals surface area contributed by atoms with Crippen molar-refractivity contribution in [1.29, 1.82) is 0 Å². The Kier molecular flexibility index (Phi) is 6.03. The number of amides is 1. The molecule has 1 amide bonds. The van der Waals surface area contributed by atoms with Gasteiger partial charge in [-0.2, -0.15) is 5.48 Å². The minimum atomic E-state index is -0.664. The first-order valence-electron chi connectivity index (χ1n) is 10.1. The molecule has 0 saturated heterocycles. The number of hydrogen-bond donors (Lipinski definition) is 2. The number of H-pyrrole nitrogens is 1. The van der Waals surface area contributed by atoms with E-state index in [-0.39, 0.29) is 0 Å². The lowest BCUT2D eigenvalue weighted by atomic mass is 9.97. The predicted octanol–water partition coefficient (Wildman–Crippen LogP) is 5.17. The summed E-state index contributed by atoms with van der Waals surface area (Å²) in [5, 5.41) is 0. The highest BCUT2D eigenvalue weighted by Crippen LogP contribution is 2.38. The molecule has 4 rings (SSSR count). The number of hydrogen-bond acceptors (Lipinski definition) is 4. The molecule has 0 unspecified atom stereocenters. The lowest BCUT2D eigenvalue weighted by Gasteiger charge is -2.10. The molecule has 0 radical (unpaired) electrons. The number of rotatable bonds is 5. The summed E-state index contributed by atoms with van der Waals surface area (Å²) in [7, 11) is 1.59. The Bertz CT molecular complexity index is 1250. The van der Waals surface area contributed by atoms with Gasteiger partial charge in [0.05, 0.1) is 18.4 Å². The van der Waals surface area contributed by atoms with Crippen molar-refractivity contribution in [2.45, 2.75) is 6.92 Å². The summed E-state index contributed by atoms with van der Waals surface area (Å²) < 4.78 is 5.37. The van der Waals surface area contributed by atoms with Crippen molar-refractivity contribution in [2.75, 3.05) is 7.11 Å². The normalized spacial score (nSPS) is 10.4. The number of aryl methyl sites for hydroxylation is 1. The van der Waals surface area contributed by atoms with Gasteiger partial charge in [-0.15, -0.1) is 0 Å². The van der Waals surface area contributed by atoms with Crippen molar-refractivity contribution in [3.63, 3.8) is 0 Å². The maximum absolute atomic E-state index is 13.1. The van der Waals surface area contributed by atoms with Gasteiger partial charge in [0.1, 0.15) is 5.75 Å². The molecule has 0 fully saturated rings. The summed E-state index contributed by atoms with van der Waals surface area (Å²) in [6.45, 7) is 1.80. The lowest BCUT2D eigenvalue weighted by Crippen LogP contribution is -2.27. The standard InChI is InChI=1S/C26H22N2O4/c1-17-22(26(30)32-28-25(29)19-12-7-4-8-13-19)23(20-14-9-15-21(16-20)31-2)24(27-17)18-10-5-3-6-11-18/h3-16,27H,1-2H3,(H,28,29). The van der Waals surface area contributed by atoms with Crippen LogP contribution in [0, 0.1) is 6.92 Å². The van der Waals surface area contributed by atoms with Crippen molar-refractivity contribution in [2.24, 2.45) is 0 Å².